The number of benzene rings is 3. The fraction of sp³-hybridized carbons (Fsp3) is 0.226. The molecule has 1 aliphatic carbocycles. The molecule has 1 atom stereocenters. The molecule has 2 aliphatic rings. The molecule has 2 amide bonds. The van der Waals surface area contributed by atoms with Crippen molar-refractivity contribution in [2.24, 2.45) is 0 Å². The van der Waals surface area contributed by atoms with E-state index in [1.54, 1.807) is 17.0 Å². The molecule has 1 fully saturated rings. The van der Waals surface area contributed by atoms with Gasteiger partial charge in [0.15, 0.2) is 0 Å². The van der Waals surface area contributed by atoms with Crippen LogP contribution in [0.4, 0.5) is 10.1 Å². The van der Waals surface area contributed by atoms with E-state index >= 15 is 0 Å². The highest BCUT2D eigenvalue weighted by atomic mass is 19.1. The maximum atomic E-state index is 14.2. The first-order valence-corrected chi connectivity index (χ1v) is 12.7. The van der Waals surface area contributed by atoms with Crippen molar-refractivity contribution in [1.29, 1.82) is 0 Å². The van der Waals surface area contributed by atoms with E-state index < -0.39 is 0 Å². The van der Waals surface area contributed by atoms with Gasteiger partial charge in [-0.05, 0) is 67.3 Å². The lowest BCUT2D eigenvalue weighted by Crippen LogP contribution is -2.47. The minimum absolute atomic E-state index is 0.00208. The van der Waals surface area contributed by atoms with Crippen LogP contribution in [0.2, 0.25) is 0 Å². The minimum atomic E-state index is -0.332. The summed E-state index contributed by atoms with van der Waals surface area (Å²) in [7, 11) is 0. The van der Waals surface area contributed by atoms with Crippen LogP contribution in [-0.2, 0) is 16.0 Å². The Labute approximate surface area is 215 Å². The Balaban J connectivity index is 1.35. The van der Waals surface area contributed by atoms with Crippen molar-refractivity contribution in [2.75, 3.05) is 11.4 Å². The van der Waals surface area contributed by atoms with Crippen molar-refractivity contribution in [3.05, 3.63) is 119 Å². The zero-order valence-electron chi connectivity index (χ0n) is 20.7. The van der Waals surface area contributed by atoms with E-state index in [0.717, 1.165) is 46.6 Å². The molecule has 0 bridgehead atoms. The summed E-state index contributed by atoms with van der Waals surface area (Å²) in [6.45, 7) is 2.05. The summed E-state index contributed by atoms with van der Waals surface area (Å²) in [6, 6.07) is 26.0. The number of aryl methyl sites for hydroxylation is 1. The number of carbonyl (C=O) groups excluding carboxylic acids is 2. The Morgan fingerprint density at radius 3 is 2.30 bits per heavy atom. The molecule has 5 nitrogen and oxygen atoms in total. The number of aromatic nitrogens is 1. The SMILES string of the molecule is Cc1ccc(C2c3cccn3-c3ccccc3N2C(=O)CN(C(=O)Cc2ccc(F)cc2)C2CC2)cc1. The van der Waals surface area contributed by atoms with Gasteiger partial charge in [-0.2, -0.15) is 0 Å². The molecule has 0 saturated heterocycles. The molecule has 3 aromatic carbocycles. The van der Waals surface area contributed by atoms with Gasteiger partial charge in [0.1, 0.15) is 18.4 Å². The number of rotatable bonds is 6. The predicted octanol–water partition coefficient (Wildman–Crippen LogP) is 5.59. The fourth-order valence-corrected chi connectivity index (χ4v) is 5.23. The molecule has 1 unspecified atom stereocenters. The zero-order chi connectivity index (χ0) is 25.5. The predicted molar refractivity (Wildman–Crippen MR) is 141 cm³/mol. The summed E-state index contributed by atoms with van der Waals surface area (Å²) in [6.07, 6.45) is 3.96. The average molecular weight is 494 g/mol. The van der Waals surface area contributed by atoms with Crippen LogP contribution in [0.5, 0.6) is 0 Å². The number of amides is 2. The van der Waals surface area contributed by atoms with Crippen LogP contribution < -0.4 is 4.90 Å². The van der Waals surface area contributed by atoms with Gasteiger partial charge in [0.2, 0.25) is 11.8 Å². The van der Waals surface area contributed by atoms with Gasteiger partial charge < -0.3 is 9.47 Å². The van der Waals surface area contributed by atoms with Gasteiger partial charge in [0, 0.05) is 12.2 Å². The van der Waals surface area contributed by atoms with Crippen LogP contribution in [0.3, 0.4) is 0 Å². The summed E-state index contributed by atoms with van der Waals surface area (Å²) in [5, 5.41) is 0. The molecule has 0 spiro atoms. The third kappa shape index (κ3) is 4.44. The molecule has 6 heteroatoms. The second kappa shape index (κ2) is 9.36. The van der Waals surface area contributed by atoms with Crippen molar-refractivity contribution in [3.63, 3.8) is 0 Å². The summed E-state index contributed by atoms with van der Waals surface area (Å²) in [4.78, 5) is 31.1. The molecular weight excluding hydrogens is 465 g/mol. The van der Waals surface area contributed by atoms with Gasteiger partial charge in [-0.1, -0.05) is 54.1 Å². The molecule has 0 N–H and O–H groups in total. The van der Waals surface area contributed by atoms with E-state index in [1.165, 1.54) is 12.1 Å². The largest absolute Gasteiger partial charge is 0.330 e. The number of nitrogens with zero attached hydrogens (tertiary/aromatic N) is 3. The topological polar surface area (TPSA) is 45.6 Å². The van der Waals surface area contributed by atoms with Crippen LogP contribution in [0.25, 0.3) is 5.69 Å². The highest BCUT2D eigenvalue weighted by Crippen LogP contribution is 2.42. The van der Waals surface area contributed by atoms with E-state index in [0.29, 0.717) is 0 Å². The number of para-hydroxylation sites is 2. The van der Waals surface area contributed by atoms with Crippen LogP contribution in [0.15, 0.2) is 91.1 Å². The van der Waals surface area contributed by atoms with Crippen molar-refractivity contribution in [1.82, 2.24) is 9.47 Å². The Bertz CT molecular complexity index is 1450. The Hall–Kier alpha value is -4.19. The summed E-state index contributed by atoms with van der Waals surface area (Å²) >= 11 is 0. The molecule has 186 valence electrons. The van der Waals surface area contributed by atoms with Crippen LogP contribution in [0, 0.1) is 12.7 Å². The zero-order valence-corrected chi connectivity index (χ0v) is 20.7. The Morgan fingerprint density at radius 2 is 1.59 bits per heavy atom. The quantitative estimate of drug-likeness (QED) is 0.351. The molecular formula is C31H28FN3O2. The molecule has 0 radical (unpaired) electrons. The van der Waals surface area contributed by atoms with Crippen LogP contribution in [0.1, 0.15) is 41.3 Å². The van der Waals surface area contributed by atoms with Crippen LogP contribution in [-0.4, -0.2) is 33.9 Å². The molecule has 1 saturated carbocycles. The number of halogens is 1. The monoisotopic (exact) mass is 493 g/mol. The van der Waals surface area contributed by atoms with Gasteiger partial charge in [-0.15, -0.1) is 0 Å². The van der Waals surface area contributed by atoms with Crippen molar-refractivity contribution in [3.8, 4) is 5.69 Å². The normalized spacial score (nSPS) is 16.2. The van der Waals surface area contributed by atoms with E-state index in [-0.39, 0.29) is 42.7 Å². The summed E-state index contributed by atoms with van der Waals surface area (Å²) in [5.41, 5.74) is 5.68. The van der Waals surface area contributed by atoms with E-state index in [9.17, 15) is 14.0 Å². The van der Waals surface area contributed by atoms with Crippen molar-refractivity contribution >= 4 is 17.5 Å². The third-order valence-corrected chi connectivity index (χ3v) is 7.26. The van der Waals surface area contributed by atoms with E-state index in [4.69, 9.17) is 0 Å². The number of carbonyl (C=O) groups is 2. The number of anilines is 1. The van der Waals surface area contributed by atoms with Crippen LogP contribution >= 0.6 is 0 Å². The minimum Gasteiger partial charge on any atom is -0.330 e. The highest BCUT2D eigenvalue weighted by Gasteiger charge is 2.39. The molecule has 1 aromatic heterocycles. The maximum absolute atomic E-state index is 14.2. The second-order valence-electron chi connectivity index (χ2n) is 9.92. The van der Waals surface area contributed by atoms with Gasteiger partial charge in [-0.25, -0.2) is 4.39 Å². The molecule has 6 rings (SSSR count). The van der Waals surface area contributed by atoms with Gasteiger partial charge >= 0.3 is 0 Å². The first kappa shape index (κ1) is 23.2. The number of hydrogen-bond donors (Lipinski definition) is 0. The average Bonchev–Trinajstić information content (AvgIpc) is 3.63. The molecule has 2 heterocycles. The first-order valence-electron chi connectivity index (χ1n) is 12.7. The lowest BCUT2D eigenvalue weighted by atomic mass is 9.97. The Kier molecular flexibility index (Phi) is 5.87. The molecule has 37 heavy (non-hydrogen) atoms. The molecule has 4 aromatic rings. The summed E-state index contributed by atoms with van der Waals surface area (Å²) < 4.78 is 15.5. The van der Waals surface area contributed by atoms with E-state index in [1.807, 2.05) is 48.4 Å². The Morgan fingerprint density at radius 1 is 0.892 bits per heavy atom. The highest BCUT2D eigenvalue weighted by molar-refractivity contribution is 6.00. The maximum Gasteiger partial charge on any atom is 0.247 e. The van der Waals surface area contributed by atoms with Gasteiger partial charge in [0.05, 0.1) is 23.5 Å². The standard InChI is InChI=1S/C31H28FN3O2/c1-21-8-12-23(13-9-21)31-28-7-4-18-33(28)26-5-2-3-6-27(26)35(31)30(37)20-34(25-16-17-25)29(36)19-22-10-14-24(32)15-11-22/h2-15,18,25,31H,16-17,19-20H2,1H3. The van der Waals surface area contributed by atoms with Gasteiger partial charge in [-0.3, -0.25) is 14.5 Å². The second-order valence-corrected chi connectivity index (χ2v) is 9.92. The van der Waals surface area contributed by atoms with Crippen molar-refractivity contribution in [2.45, 2.75) is 38.3 Å². The van der Waals surface area contributed by atoms with Gasteiger partial charge in [0.25, 0.3) is 0 Å². The third-order valence-electron chi connectivity index (χ3n) is 7.26. The van der Waals surface area contributed by atoms with E-state index in [2.05, 4.69) is 34.9 Å². The van der Waals surface area contributed by atoms with Crippen molar-refractivity contribution < 1.29 is 14.0 Å². The lowest BCUT2D eigenvalue weighted by Gasteiger charge is -2.39. The fourth-order valence-electron chi connectivity index (χ4n) is 5.23. The first-order chi connectivity index (χ1) is 18.0. The lowest BCUT2D eigenvalue weighted by molar-refractivity contribution is -0.135. The summed E-state index contributed by atoms with van der Waals surface area (Å²) in [5.74, 6) is -0.561. The number of fused-ring (bicyclic) bond motifs is 3. The molecule has 1 aliphatic heterocycles. The number of hydrogen-bond acceptors (Lipinski definition) is 2. The smallest absolute Gasteiger partial charge is 0.247 e.